The molecule has 7 nitrogen and oxygen atoms in total. The SMILES string of the molecule is CN(C)C(Cc1cc(CC(C(O)CCCl)N(C)C)c(O)c(CC(C(O)CCCl)N(C)C)c1)C(O)CCCl. The van der Waals surface area contributed by atoms with Gasteiger partial charge < -0.3 is 35.1 Å². The summed E-state index contributed by atoms with van der Waals surface area (Å²) in [6.07, 6.45) is 0.849. The van der Waals surface area contributed by atoms with Crippen molar-refractivity contribution >= 4 is 34.8 Å². The molecule has 6 atom stereocenters. The fourth-order valence-electron chi connectivity index (χ4n) is 4.85. The van der Waals surface area contributed by atoms with Gasteiger partial charge in [0.25, 0.3) is 0 Å². The Labute approximate surface area is 238 Å². The Morgan fingerprint density at radius 3 is 1.16 bits per heavy atom. The molecule has 0 aliphatic carbocycles. The summed E-state index contributed by atoms with van der Waals surface area (Å²) < 4.78 is 0. The first-order chi connectivity index (χ1) is 17.4. The predicted octanol–water partition coefficient (Wildman–Crippen LogP) is 2.78. The van der Waals surface area contributed by atoms with Crippen LogP contribution in [0, 0.1) is 0 Å². The van der Waals surface area contributed by atoms with Gasteiger partial charge in [-0.05, 0) is 97.5 Å². The van der Waals surface area contributed by atoms with Gasteiger partial charge in [0.1, 0.15) is 5.75 Å². The molecule has 6 unspecified atom stereocenters. The van der Waals surface area contributed by atoms with Gasteiger partial charge in [0.05, 0.1) is 18.3 Å². The summed E-state index contributed by atoms with van der Waals surface area (Å²) >= 11 is 17.7. The van der Waals surface area contributed by atoms with Gasteiger partial charge in [-0.3, -0.25) is 0 Å². The number of hydrogen-bond acceptors (Lipinski definition) is 7. The van der Waals surface area contributed by atoms with E-state index in [0.717, 1.165) is 5.56 Å². The van der Waals surface area contributed by atoms with Crippen LogP contribution in [0.2, 0.25) is 0 Å². The number of aromatic hydroxyl groups is 1. The lowest BCUT2D eigenvalue weighted by molar-refractivity contribution is 0.0719. The Morgan fingerprint density at radius 1 is 0.595 bits per heavy atom. The monoisotopic (exact) mass is 583 g/mol. The lowest BCUT2D eigenvalue weighted by Gasteiger charge is -2.32. The van der Waals surface area contributed by atoms with Gasteiger partial charge >= 0.3 is 0 Å². The molecule has 0 aliphatic heterocycles. The van der Waals surface area contributed by atoms with Crippen LogP contribution in [0.3, 0.4) is 0 Å². The van der Waals surface area contributed by atoms with E-state index >= 15 is 0 Å². The number of phenolic OH excluding ortho intramolecular Hbond substituents is 1. The fourth-order valence-corrected chi connectivity index (χ4v) is 5.52. The van der Waals surface area contributed by atoms with Gasteiger partial charge in [-0.2, -0.15) is 0 Å². The van der Waals surface area contributed by atoms with Crippen molar-refractivity contribution < 1.29 is 20.4 Å². The van der Waals surface area contributed by atoms with E-state index in [1.165, 1.54) is 0 Å². The van der Waals surface area contributed by atoms with E-state index in [1.807, 2.05) is 69.1 Å². The van der Waals surface area contributed by atoms with Crippen LogP contribution in [0.5, 0.6) is 5.75 Å². The number of nitrogens with zero attached hydrogens (tertiary/aromatic N) is 3. The lowest BCUT2D eigenvalue weighted by Crippen LogP contribution is -2.42. The molecule has 0 radical (unpaired) electrons. The molecule has 0 heterocycles. The van der Waals surface area contributed by atoms with Crippen molar-refractivity contribution in [3.05, 3.63) is 28.8 Å². The van der Waals surface area contributed by atoms with Gasteiger partial charge in [-0.1, -0.05) is 12.1 Å². The molecule has 1 aromatic rings. The average Bonchev–Trinajstić information content (AvgIpc) is 2.80. The smallest absolute Gasteiger partial charge is 0.122 e. The summed E-state index contributed by atoms with van der Waals surface area (Å²) in [5, 5.41) is 43.7. The molecule has 216 valence electrons. The minimum atomic E-state index is -0.654. The molecular formula is C27H48Cl3N3O4. The predicted molar refractivity (Wildman–Crippen MR) is 156 cm³/mol. The molecule has 0 spiro atoms. The summed E-state index contributed by atoms with van der Waals surface area (Å²) in [7, 11) is 11.5. The quantitative estimate of drug-likeness (QED) is 0.197. The molecule has 0 aromatic heterocycles. The number of benzene rings is 1. The van der Waals surface area contributed by atoms with E-state index in [1.54, 1.807) is 0 Å². The highest BCUT2D eigenvalue weighted by Gasteiger charge is 2.28. The normalized spacial score (nSPS) is 17.3. The van der Waals surface area contributed by atoms with Crippen molar-refractivity contribution in [1.82, 2.24) is 14.7 Å². The summed E-state index contributed by atoms with van der Waals surface area (Å²) in [5.74, 6) is 1.22. The van der Waals surface area contributed by atoms with Crippen LogP contribution in [0.25, 0.3) is 0 Å². The summed E-state index contributed by atoms with van der Waals surface area (Å²) in [6, 6.07) is 3.28. The third-order valence-electron chi connectivity index (χ3n) is 7.17. The summed E-state index contributed by atoms with van der Waals surface area (Å²) in [4.78, 5) is 5.88. The van der Waals surface area contributed by atoms with Gasteiger partial charge in [0, 0.05) is 35.8 Å². The van der Waals surface area contributed by atoms with Crippen LogP contribution in [0.1, 0.15) is 36.0 Å². The Hall–Kier alpha value is -0.350. The molecule has 4 N–H and O–H groups in total. The summed E-state index contributed by atoms with van der Waals surface area (Å²) in [5.41, 5.74) is 2.39. The number of likely N-dealkylation sites (N-methyl/N-ethyl adjacent to an activating group) is 3. The van der Waals surface area contributed by atoms with E-state index in [2.05, 4.69) is 0 Å². The number of alkyl halides is 3. The van der Waals surface area contributed by atoms with Crippen molar-refractivity contribution in [2.45, 2.75) is 75.0 Å². The highest BCUT2D eigenvalue weighted by atomic mass is 35.5. The summed E-state index contributed by atoms with van der Waals surface area (Å²) in [6.45, 7) is 0. The molecule has 0 amide bonds. The molecule has 0 aliphatic rings. The highest BCUT2D eigenvalue weighted by molar-refractivity contribution is 6.18. The van der Waals surface area contributed by atoms with Crippen molar-refractivity contribution in [2.75, 3.05) is 59.9 Å². The third kappa shape index (κ3) is 11.0. The number of aliphatic hydroxyl groups is 3. The molecule has 10 heteroatoms. The topological polar surface area (TPSA) is 90.6 Å². The maximum atomic E-state index is 11.4. The van der Waals surface area contributed by atoms with Gasteiger partial charge in [0.15, 0.2) is 0 Å². The number of phenols is 1. The molecule has 0 saturated carbocycles. The Balaban J connectivity index is 3.55. The van der Waals surface area contributed by atoms with Crippen LogP contribution in [0.15, 0.2) is 12.1 Å². The first-order valence-electron chi connectivity index (χ1n) is 12.9. The minimum Gasteiger partial charge on any atom is -0.507 e. The second-order valence-corrected chi connectivity index (χ2v) is 11.7. The van der Waals surface area contributed by atoms with Crippen LogP contribution >= 0.6 is 34.8 Å². The van der Waals surface area contributed by atoms with Crippen LogP contribution in [-0.4, -0.2) is 131 Å². The average molecular weight is 585 g/mol. The van der Waals surface area contributed by atoms with E-state index in [-0.39, 0.29) is 23.9 Å². The first-order valence-corrected chi connectivity index (χ1v) is 14.5. The molecule has 0 bridgehead atoms. The molecule has 1 rings (SSSR count). The fraction of sp³-hybridized carbons (Fsp3) is 0.778. The van der Waals surface area contributed by atoms with Gasteiger partial charge in [-0.25, -0.2) is 0 Å². The second kappa shape index (κ2) is 17.4. The Kier molecular flexibility index (Phi) is 16.3. The van der Waals surface area contributed by atoms with Gasteiger partial charge in [-0.15, -0.1) is 34.8 Å². The van der Waals surface area contributed by atoms with Crippen molar-refractivity contribution in [3.63, 3.8) is 0 Å². The zero-order chi connectivity index (χ0) is 28.3. The Morgan fingerprint density at radius 2 is 0.892 bits per heavy atom. The number of rotatable bonds is 18. The second-order valence-electron chi connectivity index (χ2n) is 10.6. The zero-order valence-electron chi connectivity index (χ0n) is 23.2. The largest absolute Gasteiger partial charge is 0.507 e. The Bertz CT molecular complexity index is 738. The van der Waals surface area contributed by atoms with E-state index < -0.39 is 18.3 Å². The van der Waals surface area contributed by atoms with Crippen molar-refractivity contribution in [1.29, 1.82) is 0 Å². The number of hydrogen-bond donors (Lipinski definition) is 4. The molecule has 37 heavy (non-hydrogen) atoms. The first kappa shape index (κ1) is 34.7. The molecule has 0 fully saturated rings. The van der Waals surface area contributed by atoms with E-state index in [4.69, 9.17) is 34.8 Å². The van der Waals surface area contributed by atoms with Crippen molar-refractivity contribution in [3.8, 4) is 5.75 Å². The van der Waals surface area contributed by atoms with E-state index in [0.29, 0.717) is 67.3 Å². The van der Waals surface area contributed by atoms with Crippen LogP contribution < -0.4 is 0 Å². The van der Waals surface area contributed by atoms with Crippen LogP contribution in [0.4, 0.5) is 0 Å². The minimum absolute atomic E-state index is 0.165. The standard InChI is InChI=1S/C27H48Cl3N3O4/c1-31(2)21(24(34)7-10-28)15-18-13-19(16-22(32(3)4)25(35)8-11-29)27(37)20(14-18)17-23(33(5)6)26(36)9-12-30/h13-14,21-26,34-37H,7-12,15-17H2,1-6H3. The van der Waals surface area contributed by atoms with E-state index in [9.17, 15) is 20.4 Å². The lowest BCUT2D eigenvalue weighted by atomic mass is 9.89. The maximum absolute atomic E-state index is 11.4. The molecule has 1 aromatic carbocycles. The zero-order valence-corrected chi connectivity index (χ0v) is 25.5. The maximum Gasteiger partial charge on any atom is 0.122 e. The van der Waals surface area contributed by atoms with Crippen molar-refractivity contribution in [2.24, 2.45) is 0 Å². The number of halogens is 3. The highest BCUT2D eigenvalue weighted by Crippen LogP contribution is 2.31. The van der Waals surface area contributed by atoms with Crippen LogP contribution in [-0.2, 0) is 19.3 Å². The molecular weight excluding hydrogens is 537 g/mol. The molecule has 0 saturated heterocycles. The van der Waals surface area contributed by atoms with Gasteiger partial charge in [0.2, 0.25) is 0 Å². The third-order valence-corrected chi connectivity index (χ3v) is 7.82. The number of aliphatic hydroxyl groups excluding tert-OH is 3.